The molecule has 160 valence electrons. The van der Waals surface area contributed by atoms with E-state index in [9.17, 15) is 4.91 Å². The molecule has 0 radical (unpaired) electrons. The molecule has 0 aliphatic carbocycles. The van der Waals surface area contributed by atoms with Gasteiger partial charge < -0.3 is 14.4 Å². The minimum atomic E-state index is 0.375. The first kappa shape index (κ1) is 30.2. The lowest BCUT2D eigenvalue weighted by atomic mass is 10.2. The SMILES string of the molecule is C=[N+](C)O.CC#N.CN1CCOCC1.COCc1ccccc1.CO[N+](C)=O. The minimum absolute atomic E-state index is 0.375. The minimum Gasteiger partial charge on any atom is -0.380 e. The van der Waals surface area contributed by atoms with E-state index in [2.05, 4.69) is 23.5 Å². The molecule has 1 heterocycles. The third kappa shape index (κ3) is 34.7. The summed E-state index contributed by atoms with van der Waals surface area (Å²) in [5, 5.41) is 15.1. The topological polar surface area (TPSA) is 98.0 Å². The van der Waals surface area contributed by atoms with Gasteiger partial charge in [-0.25, -0.2) is 4.84 Å². The van der Waals surface area contributed by atoms with E-state index in [1.54, 1.807) is 13.2 Å². The molecule has 1 fully saturated rings. The number of hydrogen-bond donors (Lipinski definition) is 1. The fourth-order valence-electron chi connectivity index (χ4n) is 1.40. The number of hydroxylamine groups is 1. The summed E-state index contributed by atoms with van der Waals surface area (Å²) in [4.78, 5) is 16.2. The highest BCUT2D eigenvalue weighted by Crippen LogP contribution is 1.98. The number of nitrogens with zero attached hydrogens (tertiary/aromatic N) is 4. The normalized spacial score (nSPS) is 11.8. The lowest BCUT2D eigenvalue weighted by molar-refractivity contribution is -0.776. The van der Waals surface area contributed by atoms with Crippen LogP contribution in [0.15, 0.2) is 30.3 Å². The first-order valence-corrected chi connectivity index (χ1v) is 8.53. The molecule has 1 aliphatic rings. The van der Waals surface area contributed by atoms with Crippen LogP contribution in [0, 0.1) is 16.2 Å². The third-order valence-corrected chi connectivity index (χ3v) is 2.65. The van der Waals surface area contributed by atoms with Gasteiger partial charge in [0, 0.05) is 27.1 Å². The molecule has 1 saturated heterocycles. The Morgan fingerprint density at radius 1 is 1.25 bits per heavy atom. The molecule has 0 saturated carbocycles. The zero-order chi connectivity index (χ0) is 22.2. The molecule has 0 spiro atoms. The van der Waals surface area contributed by atoms with Crippen molar-refractivity contribution < 1.29 is 29.2 Å². The third-order valence-electron chi connectivity index (χ3n) is 2.65. The molecule has 0 unspecified atom stereocenters. The lowest BCUT2D eigenvalue weighted by Crippen LogP contribution is -2.32. The highest BCUT2D eigenvalue weighted by molar-refractivity contribution is 5.13. The van der Waals surface area contributed by atoms with E-state index >= 15 is 0 Å². The van der Waals surface area contributed by atoms with Gasteiger partial charge in [-0.05, 0) is 17.3 Å². The standard InChI is InChI=1S/C8H10O.C5H11NO.C2H6NO2.C2H6NO.C2H3N/c1-9-7-8-5-3-2-4-6-8;1-6-2-4-7-5-3-6;1-3(4)5-2;1-3(2)4;1-2-3/h2-6H,7H2,1H3;2-5H2,1H3;1-2H3;4H,1H2,2H3;1H3/q;;2*+1;. The zero-order valence-electron chi connectivity index (χ0n) is 18.0. The van der Waals surface area contributed by atoms with Gasteiger partial charge in [-0.1, -0.05) is 30.3 Å². The first-order chi connectivity index (χ1) is 13.2. The van der Waals surface area contributed by atoms with Crippen molar-refractivity contribution in [2.75, 3.05) is 61.7 Å². The Labute approximate surface area is 168 Å². The second-order valence-corrected chi connectivity index (χ2v) is 5.34. The van der Waals surface area contributed by atoms with E-state index < -0.39 is 0 Å². The van der Waals surface area contributed by atoms with Gasteiger partial charge in [-0.3, -0.25) is 5.21 Å². The molecule has 1 N–H and O–H groups in total. The van der Waals surface area contributed by atoms with Crippen molar-refractivity contribution in [3.8, 4) is 6.07 Å². The van der Waals surface area contributed by atoms with E-state index in [1.165, 1.54) is 33.7 Å². The van der Waals surface area contributed by atoms with Crippen LogP contribution in [0.4, 0.5) is 0 Å². The van der Waals surface area contributed by atoms with Gasteiger partial charge >= 0.3 is 0 Å². The van der Waals surface area contributed by atoms with Crippen LogP contribution in [0.3, 0.4) is 0 Å². The van der Waals surface area contributed by atoms with Gasteiger partial charge in [0.25, 0.3) is 0 Å². The average Bonchev–Trinajstić information content (AvgIpc) is 2.65. The van der Waals surface area contributed by atoms with E-state index in [0.29, 0.717) is 11.5 Å². The summed E-state index contributed by atoms with van der Waals surface area (Å²) in [7, 11) is 7.85. The molecular weight excluding hydrogens is 364 g/mol. The lowest BCUT2D eigenvalue weighted by Gasteiger charge is -2.21. The summed E-state index contributed by atoms with van der Waals surface area (Å²) in [6.07, 6.45) is 0. The van der Waals surface area contributed by atoms with Crippen molar-refractivity contribution in [1.82, 2.24) is 4.90 Å². The van der Waals surface area contributed by atoms with Crippen molar-refractivity contribution in [2.45, 2.75) is 13.5 Å². The second-order valence-electron chi connectivity index (χ2n) is 5.34. The van der Waals surface area contributed by atoms with Crippen LogP contribution in [0.5, 0.6) is 0 Å². The van der Waals surface area contributed by atoms with Crippen LogP contribution in [0.25, 0.3) is 0 Å². The molecule has 9 heteroatoms. The summed E-state index contributed by atoms with van der Waals surface area (Å²) >= 11 is 0. The fourth-order valence-corrected chi connectivity index (χ4v) is 1.40. The number of methoxy groups -OCH3 is 1. The molecular formula is C19H36N4O5+2. The summed E-state index contributed by atoms with van der Waals surface area (Å²) in [6.45, 7) is 9.19. The quantitative estimate of drug-likeness (QED) is 0.358. The van der Waals surface area contributed by atoms with Crippen LogP contribution in [-0.4, -0.2) is 88.2 Å². The molecule has 1 aliphatic heterocycles. The molecule has 28 heavy (non-hydrogen) atoms. The largest absolute Gasteiger partial charge is 0.380 e. The summed E-state index contributed by atoms with van der Waals surface area (Å²) in [5.74, 6) is 0. The van der Waals surface area contributed by atoms with Crippen LogP contribution in [-0.2, 0) is 20.9 Å². The highest BCUT2D eigenvalue weighted by atomic mass is 16.7. The molecule has 1 aromatic carbocycles. The van der Waals surface area contributed by atoms with E-state index in [-0.39, 0.29) is 0 Å². The molecule has 1 aromatic rings. The Bertz CT molecular complexity index is 511. The zero-order valence-corrected chi connectivity index (χ0v) is 18.0. The number of benzene rings is 1. The van der Waals surface area contributed by atoms with Crippen molar-refractivity contribution in [2.24, 2.45) is 0 Å². The summed E-state index contributed by atoms with van der Waals surface area (Å²) < 4.78 is 10.8. The van der Waals surface area contributed by atoms with Gasteiger partial charge in [0.15, 0.2) is 20.9 Å². The fraction of sp³-hybridized carbons (Fsp3) is 0.579. The smallest absolute Gasteiger partial charge is 0.239 e. The van der Waals surface area contributed by atoms with E-state index in [0.717, 1.165) is 31.0 Å². The van der Waals surface area contributed by atoms with Gasteiger partial charge in [0.05, 0.1) is 30.8 Å². The number of ether oxygens (including phenoxy) is 2. The van der Waals surface area contributed by atoms with Gasteiger partial charge in [0.2, 0.25) is 12.0 Å². The Balaban J connectivity index is -0.000000296. The Hall–Kier alpha value is -2.54. The number of likely N-dealkylation sites (N-methyl/N-ethyl adjacent to an activating group) is 1. The van der Waals surface area contributed by atoms with E-state index in [1.807, 2.05) is 30.3 Å². The molecule has 0 amide bonds. The summed E-state index contributed by atoms with van der Waals surface area (Å²) in [6, 6.07) is 11.9. The Morgan fingerprint density at radius 3 is 1.89 bits per heavy atom. The predicted octanol–water partition coefficient (Wildman–Crippen LogP) is 1.99. The maximum Gasteiger partial charge on any atom is 0.239 e. The Morgan fingerprint density at radius 2 is 1.64 bits per heavy atom. The maximum absolute atomic E-state index is 9.51. The second kappa shape index (κ2) is 24.5. The van der Waals surface area contributed by atoms with Gasteiger partial charge in [-0.2, -0.15) is 5.26 Å². The van der Waals surface area contributed by atoms with Crippen molar-refractivity contribution >= 4 is 6.72 Å². The van der Waals surface area contributed by atoms with Crippen LogP contribution >= 0.6 is 0 Å². The molecule has 2 rings (SSSR count). The first-order valence-electron chi connectivity index (χ1n) is 8.53. The van der Waals surface area contributed by atoms with Crippen molar-refractivity contribution in [1.29, 1.82) is 5.26 Å². The number of rotatable bonds is 3. The average molecular weight is 401 g/mol. The van der Waals surface area contributed by atoms with Crippen molar-refractivity contribution in [3.63, 3.8) is 0 Å². The van der Waals surface area contributed by atoms with Crippen LogP contribution in [0.1, 0.15) is 12.5 Å². The maximum atomic E-state index is 9.51. The predicted molar refractivity (Wildman–Crippen MR) is 108 cm³/mol. The highest BCUT2D eigenvalue weighted by Gasteiger charge is 2.02. The van der Waals surface area contributed by atoms with Crippen molar-refractivity contribution in [3.05, 3.63) is 40.8 Å². The molecule has 0 bridgehead atoms. The van der Waals surface area contributed by atoms with E-state index in [4.69, 9.17) is 19.9 Å². The molecule has 0 aromatic heterocycles. The monoisotopic (exact) mass is 400 g/mol. The number of hydrogen-bond acceptors (Lipinski definition) is 7. The van der Waals surface area contributed by atoms with Crippen LogP contribution < -0.4 is 0 Å². The molecule has 9 nitrogen and oxygen atoms in total. The van der Waals surface area contributed by atoms with Crippen LogP contribution in [0.2, 0.25) is 0 Å². The summed E-state index contributed by atoms with van der Waals surface area (Å²) in [5.41, 5.74) is 1.22. The Kier molecular flexibility index (Phi) is 26.4. The number of morpholine rings is 1. The number of nitriles is 1. The van der Waals surface area contributed by atoms with Gasteiger partial charge in [0.1, 0.15) is 0 Å². The van der Waals surface area contributed by atoms with Gasteiger partial charge in [-0.15, -0.1) is 0 Å². The molecule has 0 atom stereocenters.